The highest BCUT2D eigenvalue weighted by Crippen LogP contribution is 2.36. The molecule has 2 fully saturated rings. The van der Waals surface area contributed by atoms with Gasteiger partial charge in [-0.25, -0.2) is 5.48 Å². The topological polar surface area (TPSA) is 82.1 Å². The predicted octanol–water partition coefficient (Wildman–Crippen LogP) is 3.72. The van der Waals surface area contributed by atoms with Crippen molar-refractivity contribution in [2.75, 3.05) is 31.1 Å². The van der Waals surface area contributed by atoms with Crippen LogP contribution in [0, 0.1) is 11.8 Å². The molecule has 7 nitrogen and oxygen atoms in total. The first-order chi connectivity index (χ1) is 16.8. The number of hydrogen-bond acceptors (Lipinski definition) is 5. The highest BCUT2D eigenvalue weighted by molar-refractivity contribution is 5.87. The number of halogens is 3. The molecular weight excluding hydrogens is 463 g/mol. The van der Waals surface area contributed by atoms with Gasteiger partial charge in [-0.1, -0.05) is 24.3 Å². The third-order valence-electron chi connectivity index (χ3n) is 6.74. The molecule has 2 aliphatic rings. The van der Waals surface area contributed by atoms with E-state index in [2.05, 4.69) is 4.90 Å². The second-order valence-electron chi connectivity index (χ2n) is 8.92. The summed E-state index contributed by atoms with van der Waals surface area (Å²) in [4.78, 5) is 29.7. The monoisotopic (exact) mass is 491 g/mol. The van der Waals surface area contributed by atoms with Crippen molar-refractivity contribution in [3.63, 3.8) is 0 Å². The fraction of sp³-hybridized carbons (Fsp3) is 0.440. The summed E-state index contributed by atoms with van der Waals surface area (Å²) in [5.74, 6) is -2.27. The third kappa shape index (κ3) is 5.87. The molecule has 0 radical (unpaired) electrons. The van der Waals surface area contributed by atoms with E-state index in [1.54, 1.807) is 10.4 Å². The molecule has 1 saturated heterocycles. The van der Waals surface area contributed by atoms with E-state index < -0.39 is 35.6 Å². The Labute approximate surface area is 201 Å². The van der Waals surface area contributed by atoms with Crippen molar-refractivity contribution in [1.82, 2.24) is 10.4 Å². The van der Waals surface area contributed by atoms with E-state index in [-0.39, 0.29) is 18.1 Å². The summed E-state index contributed by atoms with van der Waals surface area (Å²) in [5.41, 5.74) is 1.91. The Morgan fingerprint density at radius 3 is 2.31 bits per heavy atom. The zero-order valence-corrected chi connectivity index (χ0v) is 19.1. The van der Waals surface area contributed by atoms with Gasteiger partial charge in [-0.3, -0.25) is 14.8 Å². The predicted molar refractivity (Wildman–Crippen MR) is 122 cm³/mol. The molecule has 1 saturated carbocycles. The first-order valence-corrected chi connectivity index (χ1v) is 11.6. The molecule has 2 amide bonds. The number of nitrogens with one attached hydrogen (secondary N) is 1. The maximum Gasteiger partial charge on any atom is 0.416 e. The van der Waals surface area contributed by atoms with Crippen molar-refractivity contribution in [2.45, 2.75) is 31.5 Å². The number of anilines is 1. The van der Waals surface area contributed by atoms with E-state index in [0.717, 1.165) is 17.8 Å². The molecular formula is C25H28F3N3O4. The van der Waals surface area contributed by atoms with Crippen LogP contribution in [0.3, 0.4) is 0 Å². The number of amides is 2. The van der Waals surface area contributed by atoms with Crippen molar-refractivity contribution in [3.8, 4) is 5.75 Å². The van der Waals surface area contributed by atoms with Crippen LogP contribution >= 0.6 is 0 Å². The van der Waals surface area contributed by atoms with Gasteiger partial charge in [-0.15, -0.1) is 0 Å². The molecule has 10 heteroatoms. The Morgan fingerprint density at radius 1 is 0.943 bits per heavy atom. The number of para-hydroxylation sites is 1. The van der Waals surface area contributed by atoms with E-state index in [4.69, 9.17) is 4.74 Å². The molecule has 1 aliphatic carbocycles. The van der Waals surface area contributed by atoms with Gasteiger partial charge in [0.05, 0.1) is 23.5 Å². The lowest BCUT2D eigenvalue weighted by atomic mass is 9.76. The summed E-state index contributed by atoms with van der Waals surface area (Å²) >= 11 is 0. The molecule has 188 valence electrons. The summed E-state index contributed by atoms with van der Waals surface area (Å²) in [5, 5.41) is 9.26. The number of alkyl halides is 3. The van der Waals surface area contributed by atoms with Crippen molar-refractivity contribution in [1.29, 1.82) is 0 Å². The minimum Gasteiger partial charge on any atom is -0.490 e. The molecule has 0 spiro atoms. The smallest absolute Gasteiger partial charge is 0.416 e. The van der Waals surface area contributed by atoms with E-state index in [9.17, 15) is 28.0 Å². The Bertz CT molecular complexity index is 1030. The highest BCUT2D eigenvalue weighted by atomic mass is 19.4. The number of hydrogen-bond donors (Lipinski definition) is 2. The zero-order chi connectivity index (χ0) is 25.0. The largest absolute Gasteiger partial charge is 0.490 e. The van der Waals surface area contributed by atoms with Crippen LogP contribution in [-0.4, -0.2) is 54.2 Å². The number of carbonyl (C=O) groups is 2. The van der Waals surface area contributed by atoms with Gasteiger partial charge in [-0.2, -0.15) is 13.2 Å². The van der Waals surface area contributed by atoms with Crippen LogP contribution in [0.4, 0.5) is 18.9 Å². The summed E-state index contributed by atoms with van der Waals surface area (Å²) in [6.45, 7) is 2.37. The average Bonchev–Trinajstić information content (AvgIpc) is 2.88. The summed E-state index contributed by atoms with van der Waals surface area (Å²) in [6.07, 6.45) is -4.19. The molecule has 0 bridgehead atoms. The second-order valence-corrected chi connectivity index (χ2v) is 8.92. The van der Waals surface area contributed by atoms with Crippen LogP contribution in [0.15, 0.2) is 54.6 Å². The van der Waals surface area contributed by atoms with E-state index >= 15 is 0 Å². The van der Waals surface area contributed by atoms with Crippen LogP contribution in [0.5, 0.6) is 5.75 Å². The fourth-order valence-electron chi connectivity index (χ4n) is 4.90. The molecule has 3 atom stereocenters. The minimum atomic E-state index is -4.49. The minimum absolute atomic E-state index is 0.0507. The second kappa shape index (κ2) is 10.6. The first kappa shape index (κ1) is 24.8. The number of nitrogens with zero attached hydrogens (tertiary/aromatic N) is 2. The van der Waals surface area contributed by atoms with E-state index in [1.807, 2.05) is 30.3 Å². The molecule has 2 aromatic carbocycles. The van der Waals surface area contributed by atoms with Gasteiger partial charge >= 0.3 is 6.18 Å². The van der Waals surface area contributed by atoms with Crippen LogP contribution in [0.2, 0.25) is 0 Å². The third-order valence-corrected chi connectivity index (χ3v) is 6.74. The average molecular weight is 492 g/mol. The number of benzene rings is 2. The summed E-state index contributed by atoms with van der Waals surface area (Å²) < 4.78 is 44.8. The summed E-state index contributed by atoms with van der Waals surface area (Å²) in [7, 11) is 0. The number of piperazine rings is 1. The molecule has 1 aliphatic heterocycles. The molecule has 35 heavy (non-hydrogen) atoms. The molecule has 1 heterocycles. The van der Waals surface area contributed by atoms with Crippen LogP contribution in [0.1, 0.15) is 24.8 Å². The summed E-state index contributed by atoms with van der Waals surface area (Å²) in [6, 6.07) is 14.5. The Kier molecular flexibility index (Phi) is 7.49. The van der Waals surface area contributed by atoms with Crippen molar-refractivity contribution in [3.05, 3.63) is 60.2 Å². The zero-order valence-electron chi connectivity index (χ0n) is 19.1. The van der Waals surface area contributed by atoms with Crippen LogP contribution in [0.25, 0.3) is 0 Å². The van der Waals surface area contributed by atoms with Gasteiger partial charge in [0.25, 0.3) is 0 Å². The molecule has 2 N–H and O–H groups in total. The van der Waals surface area contributed by atoms with Crippen molar-refractivity contribution in [2.24, 2.45) is 11.8 Å². The van der Waals surface area contributed by atoms with Gasteiger partial charge in [-0.05, 0) is 49.6 Å². The van der Waals surface area contributed by atoms with Gasteiger partial charge in [0.15, 0.2) is 0 Å². The maximum absolute atomic E-state index is 13.3. The highest BCUT2D eigenvalue weighted by Gasteiger charge is 2.42. The Hall–Kier alpha value is -3.27. The van der Waals surface area contributed by atoms with Crippen LogP contribution in [-0.2, 0) is 15.8 Å². The molecule has 0 aromatic heterocycles. The standard InChI is InChI=1S/C25H28F3N3O4/c26-25(27,28)17-5-4-8-19(15-17)35-20-9-10-21(22(16-20)23(32)29-34)24(33)31-13-11-30(12-14-31)18-6-2-1-3-7-18/h1-8,15,20-22,34H,9-14,16H2,(H,29,32)/t20-,21+,22+/m1/s1. The fourth-order valence-corrected chi connectivity index (χ4v) is 4.90. The molecule has 4 rings (SSSR count). The number of rotatable bonds is 5. The lowest BCUT2D eigenvalue weighted by Gasteiger charge is -2.40. The number of ether oxygens (including phenoxy) is 1. The van der Waals surface area contributed by atoms with Crippen LogP contribution < -0.4 is 15.1 Å². The van der Waals surface area contributed by atoms with Gasteiger partial charge < -0.3 is 14.5 Å². The van der Waals surface area contributed by atoms with E-state index in [1.165, 1.54) is 12.1 Å². The SMILES string of the molecule is O=C(NO)[C@H]1C[C@H](Oc2cccc(C(F)(F)F)c2)CC[C@@H]1C(=O)N1CCN(c2ccccc2)CC1. The maximum atomic E-state index is 13.3. The van der Waals surface area contributed by atoms with Gasteiger partial charge in [0.2, 0.25) is 11.8 Å². The Morgan fingerprint density at radius 2 is 1.66 bits per heavy atom. The van der Waals surface area contributed by atoms with Gasteiger partial charge in [0.1, 0.15) is 5.75 Å². The van der Waals surface area contributed by atoms with Crippen molar-refractivity contribution < 1.29 is 32.7 Å². The number of carbonyl (C=O) groups excluding carboxylic acids is 2. The normalized spacial score (nSPS) is 23.0. The van der Waals surface area contributed by atoms with E-state index in [0.29, 0.717) is 39.0 Å². The molecule has 2 aromatic rings. The lowest BCUT2D eigenvalue weighted by Crippen LogP contribution is -2.53. The lowest BCUT2D eigenvalue weighted by molar-refractivity contribution is -0.148. The van der Waals surface area contributed by atoms with Crippen molar-refractivity contribution >= 4 is 17.5 Å². The molecule has 0 unspecified atom stereocenters. The quantitative estimate of drug-likeness (QED) is 0.492. The van der Waals surface area contributed by atoms with Gasteiger partial charge in [0, 0.05) is 31.9 Å². The number of hydroxylamine groups is 1. The first-order valence-electron chi connectivity index (χ1n) is 11.6. The Balaban J connectivity index is 1.39.